The summed E-state index contributed by atoms with van der Waals surface area (Å²) >= 11 is 1.52. The minimum absolute atomic E-state index is 0.0125. The van der Waals surface area contributed by atoms with Crippen molar-refractivity contribution < 1.29 is 4.42 Å². The molecule has 0 aliphatic heterocycles. The van der Waals surface area contributed by atoms with Crippen molar-refractivity contribution in [1.82, 2.24) is 20.2 Å². The Bertz CT molecular complexity index is 793. The molecule has 6 heteroatoms. The van der Waals surface area contributed by atoms with Gasteiger partial charge in [-0.05, 0) is 45.4 Å². The maximum absolute atomic E-state index is 5.79. The summed E-state index contributed by atoms with van der Waals surface area (Å²) in [5, 5.41) is 9.01. The summed E-state index contributed by atoms with van der Waals surface area (Å²) in [5.41, 5.74) is 4.05. The van der Waals surface area contributed by atoms with Gasteiger partial charge in [-0.2, -0.15) is 0 Å². The highest BCUT2D eigenvalue weighted by Crippen LogP contribution is 2.33. The highest BCUT2D eigenvalue weighted by atomic mass is 32.2. The second-order valence-corrected chi connectivity index (χ2v) is 6.68. The highest BCUT2D eigenvalue weighted by molar-refractivity contribution is 7.99. The Morgan fingerprint density at radius 3 is 2.26 bits per heavy atom. The van der Waals surface area contributed by atoms with Crippen molar-refractivity contribution in [2.45, 2.75) is 38.1 Å². The van der Waals surface area contributed by atoms with Crippen LogP contribution in [0.1, 0.15) is 35.0 Å². The van der Waals surface area contributed by atoms with Crippen molar-refractivity contribution in [2.24, 2.45) is 0 Å². The summed E-state index contributed by atoms with van der Waals surface area (Å²) in [6, 6.07) is 9.75. The molecule has 0 fully saturated rings. The molecule has 0 spiro atoms. The Kier molecular flexibility index (Phi) is 4.43. The van der Waals surface area contributed by atoms with Gasteiger partial charge in [-0.25, -0.2) is 9.97 Å². The van der Waals surface area contributed by atoms with Crippen LogP contribution in [-0.4, -0.2) is 20.2 Å². The number of hydrogen-bond donors (Lipinski definition) is 0. The molecular weight excluding hydrogens is 308 g/mol. The molecule has 0 N–H and O–H groups in total. The van der Waals surface area contributed by atoms with Crippen LogP contribution >= 0.6 is 11.8 Å². The normalized spacial score (nSPS) is 12.3. The molecule has 2 aromatic heterocycles. The van der Waals surface area contributed by atoms with Crippen molar-refractivity contribution >= 4 is 11.8 Å². The van der Waals surface area contributed by atoms with Crippen LogP contribution < -0.4 is 0 Å². The van der Waals surface area contributed by atoms with Gasteiger partial charge in [-0.1, -0.05) is 30.0 Å². The van der Waals surface area contributed by atoms with Crippen LogP contribution in [-0.2, 0) is 0 Å². The molecule has 5 nitrogen and oxygen atoms in total. The van der Waals surface area contributed by atoms with Crippen LogP contribution in [0.4, 0.5) is 0 Å². The van der Waals surface area contributed by atoms with Crippen LogP contribution in [0.3, 0.4) is 0 Å². The van der Waals surface area contributed by atoms with Crippen LogP contribution in [0, 0.1) is 20.8 Å². The molecule has 3 rings (SSSR count). The van der Waals surface area contributed by atoms with Gasteiger partial charge in [0.05, 0.1) is 5.25 Å². The molecule has 3 aromatic rings. The summed E-state index contributed by atoms with van der Waals surface area (Å²) in [7, 11) is 0. The first-order valence-corrected chi connectivity index (χ1v) is 8.30. The Balaban J connectivity index is 1.79. The Morgan fingerprint density at radius 1 is 0.957 bits per heavy atom. The van der Waals surface area contributed by atoms with Crippen LogP contribution in [0.5, 0.6) is 0 Å². The number of benzene rings is 1. The quantitative estimate of drug-likeness (QED) is 0.526. The first-order valence-electron chi connectivity index (χ1n) is 7.42. The lowest BCUT2D eigenvalue weighted by molar-refractivity contribution is 0.509. The predicted octanol–water partition coefficient (Wildman–Crippen LogP) is 4.31. The van der Waals surface area contributed by atoms with E-state index in [1.54, 1.807) is 0 Å². The zero-order valence-electron chi connectivity index (χ0n) is 13.6. The second-order valence-electron chi connectivity index (χ2n) is 5.37. The number of aromatic nitrogens is 4. The molecule has 0 saturated heterocycles. The third-order valence-corrected chi connectivity index (χ3v) is 4.65. The minimum atomic E-state index is -0.0125. The van der Waals surface area contributed by atoms with E-state index in [0.29, 0.717) is 11.8 Å². The maximum atomic E-state index is 5.79. The summed E-state index contributed by atoms with van der Waals surface area (Å²) in [4.78, 5) is 9.05. The lowest BCUT2D eigenvalue weighted by atomic mass is 10.2. The van der Waals surface area contributed by atoms with Gasteiger partial charge in [0.2, 0.25) is 11.8 Å². The highest BCUT2D eigenvalue weighted by Gasteiger charge is 2.18. The van der Waals surface area contributed by atoms with Gasteiger partial charge in [0.15, 0.2) is 5.16 Å². The molecule has 0 saturated carbocycles. The Morgan fingerprint density at radius 2 is 1.61 bits per heavy atom. The zero-order chi connectivity index (χ0) is 16.4. The molecule has 0 radical (unpaired) electrons. The van der Waals surface area contributed by atoms with Crippen LogP contribution in [0.15, 0.2) is 39.9 Å². The lowest BCUT2D eigenvalue weighted by Crippen LogP contribution is -1.99. The molecule has 118 valence electrons. The van der Waals surface area contributed by atoms with Gasteiger partial charge in [-0.15, -0.1) is 10.2 Å². The standard InChI is InChI=1S/C17H18N4OS/c1-10-11(2)18-17(19-12(10)3)23-13(4)15-20-21-16(22-15)14-8-6-5-7-9-14/h5-9,13H,1-4H3/t13-/m1/s1. The topological polar surface area (TPSA) is 64.7 Å². The van der Waals surface area contributed by atoms with Gasteiger partial charge in [0, 0.05) is 17.0 Å². The molecule has 0 unspecified atom stereocenters. The smallest absolute Gasteiger partial charge is 0.247 e. The van der Waals surface area contributed by atoms with Crippen molar-refractivity contribution in [3.8, 4) is 11.5 Å². The van der Waals surface area contributed by atoms with Crippen molar-refractivity contribution in [1.29, 1.82) is 0 Å². The average Bonchev–Trinajstić information content (AvgIpc) is 3.03. The maximum Gasteiger partial charge on any atom is 0.247 e. The van der Waals surface area contributed by atoms with E-state index in [9.17, 15) is 0 Å². The molecule has 0 bridgehead atoms. The molecule has 1 atom stereocenters. The van der Waals surface area contributed by atoms with Gasteiger partial charge in [-0.3, -0.25) is 0 Å². The van der Waals surface area contributed by atoms with E-state index in [-0.39, 0.29) is 5.25 Å². The van der Waals surface area contributed by atoms with E-state index >= 15 is 0 Å². The fourth-order valence-corrected chi connectivity index (χ4v) is 2.99. The Labute approximate surface area is 139 Å². The van der Waals surface area contributed by atoms with Gasteiger partial charge >= 0.3 is 0 Å². The molecule has 2 heterocycles. The lowest BCUT2D eigenvalue weighted by Gasteiger charge is -2.09. The first kappa shape index (κ1) is 15.7. The zero-order valence-corrected chi connectivity index (χ0v) is 14.4. The predicted molar refractivity (Wildman–Crippen MR) is 90.2 cm³/mol. The van der Waals surface area contributed by atoms with E-state index in [2.05, 4.69) is 20.2 Å². The molecule has 0 aliphatic carbocycles. The van der Waals surface area contributed by atoms with Crippen LogP contribution in [0.25, 0.3) is 11.5 Å². The number of rotatable bonds is 4. The molecule has 0 amide bonds. The largest absolute Gasteiger partial charge is 0.419 e. The first-order chi connectivity index (χ1) is 11.0. The number of hydrogen-bond acceptors (Lipinski definition) is 6. The van der Waals surface area contributed by atoms with E-state index in [4.69, 9.17) is 4.42 Å². The fourth-order valence-electron chi connectivity index (χ4n) is 2.10. The second kappa shape index (κ2) is 6.50. The van der Waals surface area contributed by atoms with E-state index in [0.717, 1.165) is 27.7 Å². The molecular formula is C17H18N4OS. The summed E-state index contributed by atoms with van der Waals surface area (Å²) in [6.45, 7) is 8.05. The van der Waals surface area contributed by atoms with E-state index < -0.39 is 0 Å². The summed E-state index contributed by atoms with van der Waals surface area (Å²) in [5.74, 6) is 1.11. The van der Waals surface area contributed by atoms with Gasteiger partial charge < -0.3 is 4.42 Å². The molecule has 1 aromatic carbocycles. The van der Waals surface area contributed by atoms with Crippen molar-refractivity contribution in [2.75, 3.05) is 0 Å². The summed E-state index contributed by atoms with van der Waals surface area (Å²) in [6.07, 6.45) is 0. The average molecular weight is 326 g/mol. The number of nitrogens with zero attached hydrogens (tertiary/aromatic N) is 4. The van der Waals surface area contributed by atoms with Gasteiger partial charge in [0.1, 0.15) is 0 Å². The number of aryl methyl sites for hydroxylation is 2. The van der Waals surface area contributed by atoms with E-state index in [1.165, 1.54) is 11.8 Å². The van der Waals surface area contributed by atoms with Crippen molar-refractivity contribution in [3.05, 3.63) is 53.2 Å². The molecule has 23 heavy (non-hydrogen) atoms. The minimum Gasteiger partial charge on any atom is -0.419 e. The van der Waals surface area contributed by atoms with E-state index in [1.807, 2.05) is 58.0 Å². The third kappa shape index (κ3) is 3.42. The summed E-state index contributed by atoms with van der Waals surface area (Å²) < 4.78 is 5.79. The van der Waals surface area contributed by atoms with Crippen molar-refractivity contribution in [3.63, 3.8) is 0 Å². The van der Waals surface area contributed by atoms with Crippen LogP contribution in [0.2, 0.25) is 0 Å². The monoisotopic (exact) mass is 326 g/mol. The Hall–Kier alpha value is -2.21. The SMILES string of the molecule is Cc1nc(S[C@H](C)c2nnc(-c3ccccc3)o2)nc(C)c1C. The third-order valence-electron chi connectivity index (χ3n) is 3.70. The fraction of sp³-hybridized carbons (Fsp3) is 0.294. The molecule has 0 aliphatic rings. The van der Waals surface area contributed by atoms with Gasteiger partial charge in [0.25, 0.3) is 0 Å². The number of thioether (sulfide) groups is 1.